The fourth-order valence-electron chi connectivity index (χ4n) is 3.64. The number of hydrogen-bond acceptors (Lipinski definition) is 1. The van der Waals surface area contributed by atoms with E-state index in [1.807, 2.05) is 12.1 Å². The number of halogens is 1. The average Bonchev–Trinajstić information content (AvgIpc) is 2.83. The zero-order valence-electron chi connectivity index (χ0n) is 13.9. The molecule has 1 heterocycles. The van der Waals surface area contributed by atoms with Crippen LogP contribution in [-0.4, -0.2) is 24.3 Å². The van der Waals surface area contributed by atoms with Gasteiger partial charge >= 0.3 is 0 Å². The lowest BCUT2D eigenvalue weighted by Crippen LogP contribution is -2.40. The van der Waals surface area contributed by atoms with E-state index in [0.29, 0.717) is 11.8 Å². The molecule has 0 aliphatic heterocycles. The van der Waals surface area contributed by atoms with Gasteiger partial charge in [-0.25, -0.2) is 4.57 Å². The molecule has 3 rings (SSSR count). The molecule has 5 heteroatoms. The van der Waals surface area contributed by atoms with E-state index in [2.05, 4.69) is 35.0 Å². The molecule has 1 atom stereocenters. The minimum Gasteiger partial charge on any atom is -0.438 e. The zero-order valence-corrected chi connectivity index (χ0v) is 14.7. The Labute approximate surface area is 150 Å². The van der Waals surface area contributed by atoms with Crippen molar-refractivity contribution in [2.45, 2.75) is 57.9 Å². The van der Waals surface area contributed by atoms with Crippen LogP contribution in [0.4, 0.5) is 0 Å². The van der Waals surface area contributed by atoms with Gasteiger partial charge in [0.1, 0.15) is 20.2 Å². The summed E-state index contributed by atoms with van der Waals surface area (Å²) in [6, 6.07) is 8.23. The Morgan fingerprint density at radius 3 is 2.67 bits per heavy atom. The summed E-state index contributed by atoms with van der Waals surface area (Å²) in [4.78, 5) is 0. The molecule has 2 aromatic rings. The molecule has 3 nitrogen and oxygen atoms in total. The Balaban J connectivity index is 2.09. The van der Waals surface area contributed by atoms with Crippen LogP contribution < -0.4 is 4.48 Å². The predicted molar refractivity (Wildman–Crippen MR) is 102 cm³/mol. The molecular formula is C19H28BClN2O. The van der Waals surface area contributed by atoms with Crippen molar-refractivity contribution in [3.05, 3.63) is 52.1 Å². The van der Waals surface area contributed by atoms with E-state index in [1.54, 1.807) is 5.69 Å². The molecule has 24 heavy (non-hydrogen) atoms. The Morgan fingerprint density at radius 2 is 2.04 bits per heavy atom. The van der Waals surface area contributed by atoms with Crippen LogP contribution in [0.3, 0.4) is 0 Å². The highest BCUT2D eigenvalue weighted by molar-refractivity contribution is 6.30. The number of benzene rings is 1. The highest BCUT2D eigenvalue weighted by atomic mass is 35.5. The second-order valence-corrected chi connectivity index (χ2v) is 7.21. The first-order valence-corrected chi connectivity index (χ1v) is 8.92. The van der Waals surface area contributed by atoms with E-state index in [0.717, 1.165) is 18.0 Å². The lowest BCUT2D eigenvalue weighted by molar-refractivity contribution is -0.542. The Kier molecular flexibility index (Phi) is 5.36. The molecule has 1 aromatic carbocycles. The summed E-state index contributed by atoms with van der Waals surface area (Å²) >= 11 is 6.05. The number of aliphatic hydroxyl groups is 1. The third-order valence-corrected chi connectivity index (χ3v) is 4.97. The number of fused-ring (bicyclic) bond motifs is 1. The normalized spacial score (nSPS) is 17.3. The zero-order chi connectivity index (χ0) is 17.3. The van der Waals surface area contributed by atoms with Gasteiger partial charge < -0.3 is 9.58 Å². The van der Waals surface area contributed by atoms with Crippen molar-refractivity contribution in [3.8, 4) is 0 Å². The molecule has 0 fully saturated rings. The molecule has 1 aromatic heterocycles. The summed E-state index contributed by atoms with van der Waals surface area (Å²) < 4.78 is 5.22. The summed E-state index contributed by atoms with van der Waals surface area (Å²) in [5, 5.41) is 10.3. The van der Waals surface area contributed by atoms with Gasteiger partial charge in [-0.3, -0.25) is 0 Å². The second kappa shape index (κ2) is 7.32. The molecule has 0 bridgehead atoms. The number of imidazole rings is 1. The quantitative estimate of drug-likeness (QED) is 0.828. The summed E-state index contributed by atoms with van der Waals surface area (Å²) in [7, 11) is 0.0662. The molecule has 1 aliphatic carbocycles. The van der Waals surface area contributed by atoms with E-state index >= 15 is 0 Å². The Bertz CT molecular complexity index is 709. The summed E-state index contributed by atoms with van der Waals surface area (Å²) in [5.74, 6) is 2.51. The minimum absolute atomic E-state index is 0.0662. The summed E-state index contributed by atoms with van der Waals surface area (Å²) in [6.45, 7) is 5.80. The molecule has 0 saturated carbocycles. The molecular weight excluding hydrogens is 318 g/mol. The average molecular weight is 347 g/mol. The van der Waals surface area contributed by atoms with Crippen molar-refractivity contribution in [2.75, 3.05) is 6.61 Å². The predicted octanol–water partition coefficient (Wildman–Crippen LogP) is 2.53. The van der Waals surface area contributed by atoms with Crippen molar-refractivity contribution in [3.63, 3.8) is 0 Å². The third-order valence-electron chi connectivity index (χ3n) is 4.71. The van der Waals surface area contributed by atoms with Gasteiger partial charge in [0, 0.05) is 24.0 Å². The monoisotopic (exact) mass is 346 g/mol. The number of aliphatic hydroxyl groups excluding tert-OH is 1. The van der Waals surface area contributed by atoms with Crippen LogP contribution in [0.25, 0.3) is 0 Å². The Morgan fingerprint density at radius 1 is 1.33 bits per heavy atom. The lowest BCUT2D eigenvalue weighted by Gasteiger charge is -2.21. The Hall–Kier alpha value is -1.26. The first-order chi connectivity index (χ1) is 11.5. The smallest absolute Gasteiger partial charge is 0.212 e. The maximum Gasteiger partial charge on any atom is 0.212 e. The van der Waals surface area contributed by atoms with Crippen LogP contribution in [0.2, 0.25) is 5.02 Å². The van der Waals surface area contributed by atoms with Gasteiger partial charge in [0.25, 0.3) is 0 Å². The van der Waals surface area contributed by atoms with Crippen molar-refractivity contribution >= 4 is 19.6 Å². The van der Waals surface area contributed by atoms with Gasteiger partial charge in [0.05, 0.1) is 11.6 Å². The molecule has 0 saturated heterocycles. The highest BCUT2D eigenvalue weighted by Crippen LogP contribution is 2.35. The topological polar surface area (TPSA) is 29.0 Å². The van der Waals surface area contributed by atoms with Crippen LogP contribution >= 0.6 is 11.6 Å². The second-order valence-electron chi connectivity index (χ2n) is 6.77. The summed E-state index contributed by atoms with van der Waals surface area (Å²) in [6.07, 6.45) is 4.55. The fraction of sp³-hybridized carbons (Fsp3) is 0.526. The summed E-state index contributed by atoms with van der Waals surface area (Å²) in [5.41, 5.74) is 4.37. The molecule has 1 aliphatic rings. The van der Waals surface area contributed by atoms with Crippen LogP contribution in [0.5, 0.6) is 0 Å². The largest absolute Gasteiger partial charge is 0.438 e. The lowest BCUT2D eigenvalue weighted by atomic mass is 9.87. The number of nitrogens with zero attached hydrogens (tertiary/aromatic N) is 2. The maximum atomic E-state index is 9.53. The van der Waals surface area contributed by atoms with Crippen LogP contribution in [0.1, 0.15) is 67.7 Å². The van der Waals surface area contributed by atoms with Gasteiger partial charge in [-0.1, -0.05) is 37.6 Å². The first kappa shape index (κ1) is 17.6. The molecule has 0 spiro atoms. The van der Waals surface area contributed by atoms with Gasteiger partial charge in [0.2, 0.25) is 5.82 Å². The molecule has 1 N–H and O–H groups in total. The van der Waals surface area contributed by atoms with Crippen molar-refractivity contribution < 1.29 is 9.58 Å². The van der Waals surface area contributed by atoms with Crippen molar-refractivity contribution in [2.24, 2.45) is 0 Å². The van der Waals surface area contributed by atoms with E-state index in [-0.39, 0.29) is 14.6 Å². The van der Waals surface area contributed by atoms with Gasteiger partial charge in [-0.05, 0) is 37.0 Å². The molecule has 1 unspecified atom stereocenters. The van der Waals surface area contributed by atoms with E-state index < -0.39 is 0 Å². The maximum absolute atomic E-state index is 9.53. The van der Waals surface area contributed by atoms with Crippen molar-refractivity contribution in [1.82, 2.24) is 4.57 Å². The minimum atomic E-state index is 0.0662. The first-order valence-electron chi connectivity index (χ1n) is 8.54. The van der Waals surface area contributed by atoms with E-state index in [4.69, 9.17) is 11.6 Å². The van der Waals surface area contributed by atoms with Crippen LogP contribution in [-0.2, 0) is 13.0 Å². The number of aromatic nitrogens is 2. The number of rotatable bonds is 5. The molecule has 0 amide bonds. The highest BCUT2D eigenvalue weighted by Gasteiger charge is 2.34. The van der Waals surface area contributed by atoms with E-state index in [1.165, 1.54) is 36.3 Å². The van der Waals surface area contributed by atoms with Gasteiger partial charge in [-0.15, -0.1) is 0 Å². The van der Waals surface area contributed by atoms with Gasteiger partial charge in [0.15, 0.2) is 0 Å². The van der Waals surface area contributed by atoms with Crippen LogP contribution in [0, 0.1) is 0 Å². The standard InChI is InChI=1S/C19H28BClN2O/c1-13(2)19-22(12-14-6-8-16(21)9-7-14)18-15(10-11-24)4-3-5-17(18)23(19)20/h6-9,13,15,24H,3-5,10-12H2,1-2,20H3. The third kappa shape index (κ3) is 3.27. The molecule has 0 radical (unpaired) electrons. The van der Waals surface area contributed by atoms with Crippen molar-refractivity contribution in [1.29, 1.82) is 0 Å². The SMILES string of the molecule is [BH3-][n+]1c2c(n(Cc3ccc(Cl)cc3)c1C(C)C)C(CCO)CCC2. The fourth-order valence-corrected chi connectivity index (χ4v) is 3.77. The van der Waals surface area contributed by atoms with E-state index in [9.17, 15) is 5.11 Å². The van der Waals surface area contributed by atoms with Gasteiger partial charge in [-0.2, -0.15) is 0 Å². The van der Waals surface area contributed by atoms with Crippen LogP contribution in [0.15, 0.2) is 24.3 Å². The molecule has 130 valence electrons. The number of hydrogen-bond donors (Lipinski definition) is 1.